The SMILES string of the molecule is C[C@@H]1O[C@H]2C3=C(C(=O)[C@@H]4O[C@@H]4[C@H]3O)[C@H]1[C@@H]1C3=C([C@H](O)[C@H]4O[C@H]4C3=O)[C@@H]2O[C@@H]1C. The average molecular weight is 388 g/mol. The molecule has 0 spiro atoms. The van der Waals surface area contributed by atoms with E-state index >= 15 is 0 Å². The maximum Gasteiger partial charge on any atom is 0.190 e. The van der Waals surface area contributed by atoms with E-state index in [-0.39, 0.29) is 23.8 Å². The zero-order valence-corrected chi connectivity index (χ0v) is 15.3. The zero-order valence-electron chi connectivity index (χ0n) is 15.3. The van der Waals surface area contributed by atoms with Gasteiger partial charge in [-0.15, -0.1) is 0 Å². The van der Waals surface area contributed by atoms with Crippen molar-refractivity contribution >= 4 is 11.6 Å². The Labute approximate surface area is 160 Å². The lowest BCUT2D eigenvalue weighted by Crippen LogP contribution is -2.62. The highest BCUT2D eigenvalue weighted by molar-refractivity contribution is 6.07. The van der Waals surface area contributed by atoms with Gasteiger partial charge in [0.1, 0.15) is 48.8 Å². The van der Waals surface area contributed by atoms with Gasteiger partial charge in [0.2, 0.25) is 0 Å². The average Bonchev–Trinajstić information content (AvgIpc) is 3.53. The third-order valence-corrected chi connectivity index (χ3v) is 7.66. The normalized spacial score (nSPS) is 58.0. The first kappa shape index (κ1) is 16.4. The Kier molecular flexibility index (Phi) is 2.83. The number of epoxide rings is 2. The summed E-state index contributed by atoms with van der Waals surface area (Å²) < 4.78 is 23.4. The third kappa shape index (κ3) is 1.67. The zero-order chi connectivity index (χ0) is 19.2. The van der Waals surface area contributed by atoms with Gasteiger partial charge in [0.15, 0.2) is 11.6 Å². The second kappa shape index (κ2) is 4.83. The van der Waals surface area contributed by atoms with Crippen LogP contribution in [0.2, 0.25) is 0 Å². The number of fused-ring (bicyclic) bond motifs is 4. The Balaban J connectivity index is 1.50. The third-order valence-electron chi connectivity index (χ3n) is 7.66. The number of aliphatic hydroxyl groups is 2. The number of ketones is 2. The van der Waals surface area contributed by atoms with Crippen LogP contribution in [0, 0.1) is 11.8 Å². The molecule has 3 aliphatic carbocycles. The minimum absolute atomic E-state index is 0.110. The minimum atomic E-state index is -0.943. The molecule has 0 aromatic rings. The first-order valence-electron chi connectivity index (χ1n) is 9.94. The smallest absolute Gasteiger partial charge is 0.190 e. The molecule has 4 heterocycles. The molecule has 2 saturated heterocycles. The largest absolute Gasteiger partial charge is 0.386 e. The molecule has 2 N–H and O–H groups in total. The highest BCUT2D eigenvalue weighted by Crippen LogP contribution is 2.57. The maximum absolute atomic E-state index is 13.1. The van der Waals surface area contributed by atoms with Crippen molar-refractivity contribution < 1.29 is 38.7 Å². The highest BCUT2D eigenvalue weighted by Gasteiger charge is 2.68. The van der Waals surface area contributed by atoms with Crippen molar-refractivity contribution in [3.8, 4) is 0 Å². The van der Waals surface area contributed by atoms with E-state index < -0.39 is 60.7 Å². The van der Waals surface area contributed by atoms with E-state index in [1.54, 1.807) is 0 Å². The van der Waals surface area contributed by atoms with Crippen LogP contribution in [0.25, 0.3) is 0 Å². The summed E-state index contributed by atoms with van der Waals surface area (Å²) in [4.78, 5) is 26.3. The van der Waals surface area contributed by atoms with Crippen molar-refractivity contribution in [3.05, 3.63) is 22.3 Å². The summed E-state index contributed by atoms with van der Waals surface area (Å²) in [6, 6.07) is 0. The van der Waals surface area contributed by atoms with Crippen molar-refractivity contribution in [2.24, 2.45) is 11.8 Å². The predicted molar refractivity (Wildman–Crippen MR) is 89.1 cm³/mol. The molecule has 0 aromatic carbocycles. The molecule has 7 aliphatic rings. The molecule has 0 unspecified atom stereocenters. The summed E-state index contributed by atoms with van der Waals surface area (Å²) >= 11 is 0. The van der Waals surface area contributed by atoms with Crippen LogP contribution in [-0.2, 0) is 28.5 Å². The molecular weight excluding hydrogens is 368 g/mol. The van der Waals surface area contributed by atoms with Crippen LogP contribution in [0.4, 0.5) is 0 Å². The van der Waals surface area contributed by atoms with Crippen molar-refractivity contribution in [2.75, 3.05) is 0 Å². The Morgan fingerprint density at radius 3 is 1.43 bits per heavy atom. The number of rotatable bonds is 0. The van der Waals surface area contributed by atoms with Gasteiger partial charge < -0.3 is 29.2 Å². The standard InChI is InChI=1S/C20H20O8/c1-3-5-6-4(2)26-16(10-8(6)12(22)18-20(28-18)14(10)24)15(25-3)9-7(5)11(21)17-19(27-17)13(9)23/h3-6,13-20,23-24H,1-2H3/t3-,4+,5-,6-,13+,14+,15+,16+,17+,18+,19-,20-/m1/s1. The van der Waals surface area contributed by atoms with Crippen LogP contribution in [0.5, 0.6) is 0 Å². The van der Waals surface area contributed by atoms with E-state index in [2.05, 4.69) is 0 Å². The quantitative estimate of drug-likeness (QED) is 0.498. The number of aliphatic hydroxyl groups excluding tert-OH is 2. The van der Waals surface area contributed by atoms with Gasteiger partial charge in [-0.3, -0.25) is 9.59 Å². The van der Waals surface area contributed by atoms with Gasteiger partial charge in [-0.1, -0.05) is 0 Å². The minimum Gasteiger partial charge on any atom is -0.386 e. The number of carbonyl (C=O) groups excluding carboxylic acids is 2. The first-order chi connectivity index (χ1) is 13.4. The van der Waals surface area contributed by atoms with Gasteiger partial charge in [-0.25, -0.2) is 0 Å². The van der Waals surface area contributed by atoms with E-state index in [4.69, 9.17) is 18.9 Å². The Morgan fingerprint density at radius 1 is 0.643 bits per heavy atom. The molecule has 2 fully saturated rings. The lowest BCUT2D eigenvalue weighted by molar-refractivity contribution is -0.177. The number of Topliss-reactive ketones (excluding diaryl/α,β-unsaturated/α-hetero) is 2. The summed E-state index contributed by atoms with van der Waals surface area (Å²) in [5, 5.41) is 21.8. The summed E-state index contributed by atoms with van der Waals surface area (Å²) in [7, 11) is 0. The van der Waals surface area contributed by atoms with Gasteiger partial charge in [0.25, 0.3) is 0 Å². The van der Waals surface area contributed by atoms with Crippen LogP contribution in [0.1, 0.15) is 13.8 Å². The van der Waals surface area contributed by atoms with Crippen LogP contribution < -0.4 is 0 Å². The number of hydrogen-bond donors (Lipinski definition) is 2. The van der Waals surface area contributed by atoms with Crippen molar-refractivity contribution in [3.63, 3.8) is 0 Å². The molecule has 8 nitrogen and oxygen atoms in total. The fourth-order valence-corrected chi connectivity index (χ4v) is 6.43. The lowest BCUT2D eigenvalue weighted by atomic mass is 9.60. The molecule has 0 aromatic heterocycles. The molecule has 0 radical (unpaired) electrons. The van der Waals surface area contributed by atoms with E-state index in [0.717, 1.165) is 0 Å². The summed E-state index contributed by atoms with van der Waals surface area (Å²) in [6.07, 6.45) is -6.30. The molecule has 0 amide bonds. The fraction of sp³-hybridized carbons (Fsp3) is 0.700. The van der Waals surface area contributed by atoms with E-state index in [1.165, 1.54) is 0 Å². The molecule has 4 aliphatic heterocycles. The van der Waals surface area contributed by atoms with Gasteiger partial charge in [0, 0.05) is 23.0 Å². The number of hydrogen-bond acceptors (Lipinski definition) is 8. The summed E-state index contributed by atoms with van der Waals surface area (Å²) in [5.41, 5.74) is 2.12. The molecule has 8 heteroatoms. The topological polar surface area (TPSA) is 118 Å². The van der Waals surface area contributed by atoms with E-state index in [1.807, 2.05) is 13.8 Å². The number of ether oxygens (including phenoxy) is 4. The van der Waals surface area contributed by atoms with Crippen LogP contribution in [0.3, 0.4) is 0 Å². The van der Waals surface area contributed by atoms with Crippen molar-refractivity contribution in [1.29, 1.82) is 0 Å². The van der Waals surface area contributed by atoms with Crippen molar-refractivity contribution in [2.45, 2.75) is 74.9 Å². The van der Waals surface area contributed by atoms with Crippen molar-refractivity contribution in [1.82, 2.24) is 0 Å². The first-order valence-corrected chi connectivity index (χ1v) is 9.94. The summed E-state index contributed by atoms with van der Waals surface area (Å²) in [5.74, 6) is -1.10. The molecule has 0 saturated carbocycles. The molecular formula is C20H20O8. The van der Waals surface area contributed by atoms with Crippen LogP contribution in [-0.4, -0.2) is 82.8 Å². The number of carbonyl (C=O) groups is 2. The Hall–Kier alpha value is -1.42. The molecule has 12 atom stereocenters. The fourth-order valence-electron chi connectivity index (χ4n) is 6.43. The van der Waals surface area contributed by atoms with Crippen LogP contribution >= 0.6 is 0 Å². The predicted octanol–water partition coefficient (Wildman–Crippen LogP) is -1.18. The molecule has 28 heavy (non-hydrogen) atoms. The van der Waals surface area contributed by atoms with Gasteiger partial charge in [-0.05, 0) is 25.0 Å². The van der Waals surface area contributed by atoms with E-state index in [0.29, 0.717) is 22.3 Å². The molecule has 148 valence electrons. The van der Waals surface area contributed by atoms with Gasteiger partial charge in [0.05, 0.1) is 12.2 Å². The molecule has 7 rings (SSSR count). The second-order valence-electron chi connectivity index (χ2n) is 8.97. The second-order valence-corrected chi connectivity index (χ2v) is 8.97. The lowest BCUT2D eigenvalue weighted by Gasteiger charge is -2.55. The highest BCUT2D eigenvalue weighted by atomic mass is 16.6. The van der Waals surface area contributed by atoms with Crippen LogP contribution in [0.15, 0.2) is 22.3 Å². The Bertz CT molecular complexity index is 845. The van der Waals surface area contributed by atoms with E-state index in [9.17, 15) is 19.8 Å². The molecule has 4 bridgehead atoms. The monoisotopic (exact) mass is 388 g/mol. The Morgan fingerprint density at radius 2 is 1.04 bits per heavy atom. The summed E-state index contributed by atoms with van der Waals surface area (Å²) in [6.45, 7) is 3.80. The van der Waals surface area contributed by atoms with Gasteiger partial charge in [-0.2, -0.15) is 0 Å². The van der Waals surface area contributed by atoms with Gasteiger partial charge >= 0.3 is 0 Å². The maximum atomic E-state index is 13.1.